The van der Waals surface area contributed by atoms with Gasteiger partial charge in [-0.3, -0.25) is 0 Å². The molecule has 0 amide bonds. The highest BCUT2D eigenvalue weighted by molar-refractivity contribution is 5.83. The molecule has 2 aliphatic rings. The third kappa shape index (κ3) is 9.17. The van der Waals surface area contributed by atoms with E-state index in [0.717, 1.165) is 18.4 Å². The molecule has 2 rings (SSSR count). The molecule has 212 valence electrons. The maximum atomic E-state index is 12.8. The summed E-state index contributed by atoms with van der Waals surface area (Å²) in [4.78, 5) is 12.8. The molecule has 0 saturated carbocycles. The second kappa shape index (κ2) is 14.8. The summed E-state index contributed by atoms with van der Waals surface area (Å²) >= 11 is 0. The second-order valence-corrected chi connectivity index (χ2v) is 10.8. The lowest BCUT2D eigenvalue weighted by Crippen LogP contribution is -2.37. The van der Waals surface area contributed by atoms with Gasteiger partial charge in [-0.2, -0.15) is 0 Å². The molecule has 1 saturated heterocycles. The normalized spacial score (nSPS) is 38.5. The second-order valence-electron chi connectivity index (χ2n) is 10.8. The van der Waals surface area contributed by atoms with E-state index in [2.05, 4.69) is 33.6 Å². The van der Waals surface area contributed by atoms with Crippen molar-refractivity contribution in [2.45, 2.75) is 103 Å². The largest absolute Gasteiger partial charge is 0.456 e. The highest BCUT2D eigenvalue weighted by Crippen LogP contribution is 2.39. The van der Waals surface area contributed by atoms with Gasteiger partial charge in [0.05, 0.1) is 6.10 Å². The number of aliphatic hydroxyl groups excluding tert-OH is 4. The maximum Gasteiger partial charge on any atom is 0.331 e. The van der Waals surface area contributed by atoms with Crippen LogP contribution in [-0.2, 0) is 14.3 Å². The summed E-state index contributed by atoms with van der Waals surface area (Å²) in [7, 11) is 0. The van der Waals surface area contributed by atoms with Crippen molar-refractivity contribution in [2.24, 2.45) is 11.8 Å². The van der Waals surface area contributed by atoms with E-state index in [4.69, 9.17) is 9.47 Å². The molecule has 9 atom stereocenters. The van der Waals surface area contributed by atoms with Crippen molar-refractivity contribution in [1.82, 2.24) is 0 Å². The first kappa shape index (κ1) is 31.9. The first-order valence-corrected chi connectivity index (χ1v) is 13.5. The van der Waals surface area contributed by atoms with Gasteiger partial charge in [-0.05, 0) is 61.2 Å². The molecule has 0 bridgehead atoms. The van der Waals surface area contributed by atoms with Gasteiger partial charge in [0.15, 0.2) is 0 Å². The number of cyclic esters (lactones) is 1. The Labute approximate surface area is 227 Å². The SMILES string of the molecule is C=C1C/C=C/[C@@H](O)[C@H](O)C(=C)[C@@H](O)[C@H](O)C(=C)C/C=C/C(C)=C/C(=O)O[C@@H]([C@@H]2O[C@H]2[C@H](C)CCC)[C@H](C)C1. The van der Waals surface area contributed by atoms with Gasteiger partial charge in [0, 0.05) is 6.08 Å². The Morgan fingerprint density at radius 3 is 2.37 bits per heavy atom. The Bertz CT molecular complexity index is 946. The molecular formula is C31H46O7. The van der Waals surface area contributed by atoms with E-state index in [1.165, 1.54) is 12.2 Å². The fourth-order valence-corrected chi connectivity index (χ4v) is 4.86. The van der Waals surface area contributed by atoms with Crippen LogP contribution in [0.5, 0.6) is 0 Å². The molecule has 38 heavy (non-hydrogen) atoms. The Morgan fingerprint density at radius 1 is 1.03 bits per heavy atom. The topological polar surface area (TPSA) is 120 Å². The summed E-state index contributed by atoms with van der Waals surface area (Å²) in [6.07, 6.45) is 5.05. The van der Waals surface area contributed by atoms with Crippen LogP contribution in [0.3, 0.4) is 0 Å². The molecule has 0 aliphatic carbocycles. The predicted octanol–water partition coefficient (Wildman–Crippen LogP) is 4.09. The van der Waals surface area contributed by atoms with Crippen LogP contribution in [-0.4, -0.2) is 69.1 Å². The zero-order valence-corrected chi connectivity index (χ0v) is 23.3. The number of epoxide rings is 1. The maximum absolute atomic E-state index is 12.8. The third-order valence-corrected chi connectivity index (χ3v) is 7.26. The van der Waals surface area contributed by atoms with Crippen molar-refractivity contribution in [3.05, 3.63) is 72.4 Å². The van der Waals surface area contributed by atoms with E-state index in [9.17, 15) is 25.2 Å². The fraction of sp³-hybridized carbons (Fsp3) is 0.581. The number of allylic oxidation sites excluding steroid dienone is 5. The van der Waals surface area contributed by atoms with Gasteiger partial charge in [-0.1, -0.05) is 76.8 Å². The van der Waals surface area contributed by atoms with Crippen molar-refractivity contribution >= 4 is 5.97 Å². The lowest BCUT2D eigenvalue weighted by molar-refractivity contribution is -0.146. The van der Waals surface area contributed by atoms with E-state index < -0.39 is 36.5 Å². The minimum Gasteiger partial charge on any atom is -0.456 e. The number of ether oxygens (including phenoxy) is 2. The molecule has 1 fully saturated rings. The molecule has 4 N–H and O–H groups in total. The number of hydrogen-bond acceptors (Lipinski definition) is 7. The molecule has 0 spiro atoms. The fourth-order valence-electron chi connectivity index (χ4n) is 4.86. The summed E-state index contributed by atoms with van der Waals surface area (Å²) in [6, 6.07) is 0. The predicted molar refractivity (Wildman–Crippen MR) is 149 cm³/mol. The average molecular weight is 531 g/mol. The van der Waals surface area contributed by atoms with E-state index in [1.807, 2.05) is 6.92 Å². The summed E-state index contributed by atoms with van der Waals surface area (Å²) < 4.78 is 11.9. The minimum absolute atomic E-state index is 0.0474. The van der Waals surface area contributed by atoms with Crippen LogP contribution in [0.1, 0.15) is 59.8 Å². The van der Waals surface area contributed by atoms with Crippen LogP contribution in [0.25, 0.3) is 0 Å². The van der Waals surface area contributed by atoms with Gasteiger partial charge >= 0.3 is 5.97 Å². The standard InChI is InChI=1S/C31H46O7/c1-8-11-21(5)29-31(38-29)30-22(6)16-18(2)13-10-15-24(32)27(35)23(7)28(36)26(34)20(4)14-9-12-19(3)17-25(33)37-30/h9-10,12,15,17,21-22,24,26-32,34-36H,2,4,7-8,11,13-14,16H2,1,3,5-6H3/b12-9+,15-10+,19-17+/t21-,22-,24-,26-,27-,28-,29+,30-,31-/m1/s1. The van der Waals surface area contributed by atoms with Crippen LogP contribution >= 0.6 is 0 Å². The van der Waals surface area contributed by atoms with Crippen molar-refractivity contribution in [2.75, 3.05) is 0 Å². The van der Waals surface area contributed by atoms with Gasteiger partial charge < -0.3 is 29.9 Å². The number of rotatable bonds is 4. The van der Waals surface area contributed by atoms with Crippen LogP contribution in [0.4, 0.5) is 0 Å². The van der Waals surface area contributed by atoms with E-state index >= 15 is 0 Å². The molecule has 7 nitrogen and oxygen atoms in total. The quantitative estimate of drug-likeness (QED) is 0.245. The van der Waals surface area contributed by atoms with Crippen molar-refractivity contribution < 1.29 is 34.7 Å². The van der Waals surface area contributed by atoms with Gasteiger partial charge in [-0.25, -0.2) is 4.79 Å². The van der Waals surface area contributed by atoms with E-state index in [-0.39, 0.29) is 30.1 Å². The van der Waals surface area contributed by atoms with Crippen LogP contribution in [0.15, 0.2) is 72.4 Å². The highest BCUT2D eigenvalue weighted by atomic mass is 16.6. The molecular weight excluding hydrogens is 484 g/mol. The Hall–Kier alpha value is -2.29. The molecule has 2 aliphatic heterocycles. The first-order chi connectivity index (χ1) is 17.9. The molecule has 0 aromatic rings. The highest BCUT2D eigenvalue weighted by Gasteiger charge is 2.51. The molecule has 0 radical (unpaired) electrons. The monoisotopic (exact) mass is 530 g/mol. The number of carbonyl (C=O) groups is 1. The summed E-state index contributed by atoms with van der Waals surface area (Å²) in [5.41, 5.74) is 1.70. The third-order valence-electron chi connectivity index (χ3n) is 7.26. The number of carbonyl (C=O) groups excluding carboxylic acids is 1. The summed E-state index contributed by atoms with van der Waals surface area (Å²) in [5, 5.41) is 41.8. The Balaban J connectivity index is 2.28. The average Bonchev–Trinajstić information content (AvgIpc) is 3.65. The van der Waals surface area contributed by atoms with Crippen molar-refractivity contribution in [1.29, 1.82) is 0 Å². The molecule has 2 heterocycles. The van der Waals surface area contributed by atoms with Crippen molar-refractivity contribution in [3.8, 4) is 0 Å². The molecule has 7 heteroatoms. The lowest BCUT2D eigenvalue weighted by atomic mass is 9.89. The number of aliphatic hydroxyl groups is 4. The van der Waals surface area contributed by atoms with Crippen LogP contribution in [0.2, 0.25) is 0 Å². The first-order valence-electron chi connectivity index (χ1n) is 13.5. The summed E-state index contributed by atoms with van der Waals surface area (Å²) in [6.45, 7) is 19.7. The minimum atomic E-state index is -1.51. The Morgan fingerprint density at radius 2 is 1.71 bits per heavy atom. The van der Waals surface area contributed by atoms with Gasteiger partial charge in [-0.15, -0.1) is 0 Å². The van der Waals surface area contributed by atoms with Gasteiger partial charge in [0.1, 0.15) is 36.6 Å². The summed E-state index contributed by atoms with van der Waals surface area (Å²) in [5.74, 6) is -0.134. The van der Waals surface area contributed by atoms with Crippen molar-refractivity contribution in [3.63, 3.8) is 0 Å². The number of hydrogen-bond donors (Lipinski definition) is 4. The lowest BCUT2D eigenvalue weighted by Gasteiger charge is -2.26. The molecule has 0 aromatic carbocycles. The molecule has 0 aromatic heterocycles. The molecule has 0 unspecified atom stereocenters. The van der Waals surface area contributed by atoms with Crippen LogP contribution < -0.4 is 0 Å². The van der Waals surface area contributed by atoms with Gasteiger partial charge in [0.25, 0.3) is 0 Å². The Kier molecular flexibility index (Phi) is 12.4. The van der Waals surface area contributed by atoms with Gasteiger partial charge in [0.2, 0.25) is 0 Å². The number of esters is 1. The zero-order chi connectivity index (χ0) is 28.6. The smallest absolute Gasteiger partial charge is 0.331 e. The van der Waals surface area contributed by atoms with Crippen LogP contribution in [0, 0.1) is 11.8 Å². The van der Waals surface area contributed by atoms with E-state index in [1.54, 1.807) is 25.2 Å². The zero-order valence-electron chi connectivity index (χ0n) is 23.3. The van der Waals surface area contributed by atoms with E-state index in [0.29, 0.717) is 29.9 Å².